The molecule has 0 aliphatic rings. The first-order valence-corrected chi connectivity index (χ1v) is 8.89. The fourth-order valence-electron chi connectivity index (χ4n) is 2.66. The van der Waals surface area contributed by atoms with Crippen molar-refractivity contribution in [2.24, 2.45) is 0 Å². The van der Waals surface area contributed by atoms with Gasteiger partial charge in [0.05, 0.1) is 0 Å². The van der Waals surface area contributed by atoms with E-state index in [0.29, 0.717) is 31.1 Å². The highest BCUT2D eigenvalue weighted by atomic mass is 16.5. The summed E-state index contributed by atoms with van der Waals surface area (Å²) in [6.07, 6.45) is 0.540. The van der Waals surface area contributed by atoms with Gasteiger partial charge in [0.2, 0.25) is 0 Å². The van der Waals surface area contributed by atoms with Crippen LogP contribution in [0.1, 0.15) is 23.1 Å². The topological polar surface area (TPSA) is 55.8 Å². The lowest BCUT2D eigenvalue weighted by molar-refractivity contribution is -0.136. The van der Waals surface area contributed by atoms with E-state index < -0.39 is 5.97 Å². The Kier molecular flexibility index (Phi) is 6.47. The van der Waals surface area contributed by atoms with Crippen molar-refractivity contribution in [3.8, 4) is 11.5 Å². The number of carboxylic acids is 1. The van der Waals surface area contributed by atoms with Crippen molar-refractivity contribution < 1.29 is 19.4 Å². The van der Waals surface area contributed by atoms with Crippen LogP contribution in [-0.4, -0.2) is 11.1 Å². The Morgan fingerprint density at radius 3 is 1.81 bits per heavy atom. The predicted octanol–water partition coefficient (Wildman–Crippen LogP) is 4.86. The van der Waals surface area contributed by atoms with E-state index in [1.165, 1.54) is 0 Å². The molecule has 27 heavy (non-hydrogen) atoms. The third-order valence-electron chi connectivity index (χ3n) is 4.11. The molecular weight excluding hydrogens is 340 g/mol. The van der Waals surface area contributed by atoms with Gasteiger partial charge in [-0.2, -0.15) is 0 Å². The van der Waals surface area contributed by atoms with Gasteiger partial charge in [0, 0.05) is 6.42 Å². The number of aliphatic carboxylic acids is 1. The van der Waals surface area contributed by atoms with Gasteiger partial charge >= 0.3 is 5.97 Å². The second kappa shape index (κ2) is 9.43. The first kappa shape index (κ1) is 18.5. The lowest BCUT2D eigenvalue weighted by atomic mass is 10.1. The molecule has 4 heteroatoms. The van der Waals surface area contributed by atoms with Crippen LogP contribution in [0.4, 0.5) is 0 Å². The SMILES string of the molecule is O=C(O)CCc1ccc(OCc2ccccc2)c(OCc2ccccc2)c1. The second-order valence-electron chi connectivity index (χ2n) is 6.22. The summed E-state index contributed by atoms with van der Waals surface area (Å²) in [5, 5.41) is 8.91. The molecular formula is C23H22O4. The van der Waals surface area contributed by atoms with E-state index in [-0.39, 0.29) is 6.42 Å². The number of ether oxygens (including phenoxy) is 2. The maximum atomic E-state index is 10.8. The summed E-state index contributed by atoms with van der Waals surface area (Å²) in [6, 6.07) is 25.4. The molecule has 0 unspecified atom stereocenters. The molecule has 0 atom stereocenters. The molecule has 0 saturated heterocycles. The molecule has 0 radical (unpaired) electrons. The first-order chi connectivity index (χ1) is 13.2. The van der Waals surface area contributed by atoms with E-state index in [4.69, 9.17) is 14.6 Å². The van der Waals surface area contributed by atoms with Gasteiger partial charge in [-0.1, -0.05) is 66.7 Å². The summed E-state index contributed by atoms with van der Waals surface area (Å²) in [4.78, 5) is 10.8. The Labute approximate surface area is 159 Å². The zero-order valence-electron chi connectivity index (χ0n) is 15.0. The van der Waals surface area contributed by atoms with E-state index in [1.807, 2.05) is 78.9 Å². The summed E-state index contributed by atoms with van der Waals surface area (Å²) in [7, 11) is 0. The van der Waals surface area contributed by atoms with Gasteiger partial charge in [-0.15, -0.1) is 0 Å². The van der Waals surface area contributed by atoms with E-state index in [1.54, 1.807) is 0 Å². The molecule has 0 aromatic heterocycles. The minimum absolute atomic E-state index is 0.0857. The number of benzene rings is 3. The van der Waals surface area contributed by atoms with Crippen molar-refractivity contribution in [2.75, 3.05) is 0 Å². The average molecular weight is 362 g/mol. The number of rotatable bonds is 9. The van der Waals surface area contributed by atoms with Crippen LogP contribution in [0.15, 0.2) is 78.9 Å². The minimum atomic E-state index is -0.814. The third kappa shape index (κ3) is 5.89. The van der Waals surface area contributed by atoms with Crippen molar-refractivity contribution in [1.82, 2.24) is 0 Å². The van der Waals surface area contributed by atoms with Crippen LogP contribution in [0.5, 0.6) is 11.5 Å². The van der Waals surface area contributed by atoms with Gasteiger partial charge in [-0.05, 0) is 35.2 Å². The van der Waals surface area contributed by atoms with Gasteiger partial charge in [0.1, 0.15) is 13.2 Å². The Bertz CT molecular complexity index is 860. The maximum absolute atomic E-state index is 10.8. The largest absolute Gasteiger partial charge is 0.485 e. The molecule has 1 N–H and O–H groups in total. The number of carboxylic acid groups (broad SMARTS) is 1. The molecule has 3 rings (SSSR count). The summed E-state index contributed by atoms with van der Waals surface area (Å²) in [5.74, 6) is 0.456. The summed E-state index contributed by atoms with van der Waals surface area (Å²) >= 11 is 0. The van der Waals surface area contributed by atoms with Crippen molar-refractivity contribution in [1.29, 1.82) is 0 Å². The van der Waals surface area contributed by atoms with Crippen LogP contribution >= 0.6 is 0 Å². The molecule has 0 fully saturated rings. The van der Waals surface area contributed by atoms with Gasteiger partial charge in [0.15, 0.2) is 11.5 Å². The fourth-order valence-corrected chi connectivity index (χ4v) is 2.66. The standard InChI is InChI=1S/C23H22O4/c24-23(25)14-12-18-11-13-21(26-16-19-7-3-1-4-8-19)22(15-18)27-17-20-9-5-2-6-10-20/h1-11,13,15H,12,14,16-17H2,(H,24,25). The molecule has 0 bridgehead atoms. The van der Waals surface area contributed by atoms with Crippen LogP contribution in [0.25, 0.3) is 0 Å². The predicted molar refractivity (Wildman–Crippen MR) is 104 cm³/mol. The van der Waals surface area contributed by atoms with E-state index in [9.17, 15) is 4.79 Å². The summed E-state index contributed by atoms with van der Waals surface area (Å²) in [6.45, 7) is 0.863. The molecule has 3 aromatic carbocycles. The third-order valence-corrected chi connectivity index (χ3v) is 4.11. The molecule has 138 valence electrons. The fraction of sp³-hybridized carbons (Fsp3) is 0.174. The van der Waals surface area contributed by atoms with Gasteiger partial charge in [-0.3, -0.25) is 4.79 Å². The van der Waals surface area contributed by atoms with Gasteiger partial charge in [0.25, 0.3) is 0 Å². The van der Waals surface area contributed by atoms with E-state index in [0.717, 1.165) is 16.7 Å². The Balaban J connectivity index is 1.74. The van der Waals surface area contributed by atoms with Crippen molar-refractivity contribution in [3.63, 3.8) is 0 Å². The zero-order chi connectivity index (χ0) is 18.9. The molecule has 0 amide bonds. The van der Waals surface area contributed by atoms with Crippen molar-refractivity contribution in [2.45, 2.75) is 26.1 Å². The number of carbonyl (C=O) groups is 1. The summed E-state index contributed by atoms with van der Waals surface area (Å²) < 4.78 is 11.9. The average Bonchev–Trinajstić information content (AvgIpc) is 2.71. The van der Waals surface area contributed by atoms with Crippen LogP contribution in [-0.2, 0) is 24.4 Å². The number of hydrogen-bond acceptors (Lipinski definition) is 3. The van der Waals surface area contributed by atoms with Gasteiger partial charge in [-0.25, -0.2) is 0 Å². The molecule has 4 nitrogen and oxygen atoms in total. The van der Waals surface area contributed by atoms with Crippen molar-refractivity contribution >= 4 is 5.97 Å². The van der Waals surface area contributed by atoms with Crippen LogP contribution in [0.3, 0.4) is 0 Å². The highest BCUT2D eigenvalue weighted by Crippen LogP contribution is 2.30. The Morgan fingerprint density at radius 2 is 1.26 bits per heavy atom. The van der Waals surface area contributed by atoms with Crippen LogP contribution in [0.2, 0.25) is 0 Å². The molecule has 0 saturated carbocycles. The Hall–Kier alpha value is -3.27. The lowest BCUT2D eigenvalue weighted by Gasteiger charge is -2.14. The molecule has 0 aliphatic carbocycles. The normalized spacial score (nSPS) is 10.4. The van der Waals surface area contributed by atoms with Crippen molar-refractivity contribution in [3.05, 3.63) is 95.6 Å². The Morgan fingerprint density at radius 1 is 0.704 bits per heavy atom. The van der Waals surface area contributed by atoms with Crippen LogP contribution < -0.4 is 9.47 Å². The first-order valence-electron chi connectivity index (χ1n) is 8.89. The number of hydrogen-bond donors (Lipinski definition) is 1. The van der Waals surface area contributed by atoms with Crippen LogP contribution in [0, 0.1) is 0 Å². The molecule has 0 aliphatic heterocycles. The van der Waals surface area contributed by atoms with Gasteiger partial charge < -0.3 is 14.6 Å². The van der Waals surface area contributed by atoms with E-state index in [2.05, 4.69) is 0 Å². The molecule has 3 aromatic rings. The highest BCUT2D eigenvalue weighted by molar-refractivity contribution is 5.67. The zero-order valence-corrected chi connectivity index (χ0v) is 15.0. The highest BCUT2D eigenvalue weighted by Gasteiger charge is 2.09. The minimum Gasteiger partial charge on any atom is -0.485 e. The molecule has 0 spiro atoms. The monoisotopic (exact) mass is 362 g/mol. The summed E-state index contributed by atoms with van der Waals surface area (Å²) in [5.41, 5.74) is 3.04. The maximum Gasteiger partial charge on any atom is 0.303 e. The quantitative estimate of drug-likeness (QED) is 0.590. The second-order valence-corrected chi connectivity index (χ2v) is 6.22. The lowest BCUT2D eigenvalue weighted by Crippen LogP contribution is -2.02. The number of aryl methyl sites for hydroxylation is 1. The van der Waals surface area contributed by atoms with E-state index >= 15 is 0 Å². The smallest absolute Gasteiger partial charge is 0.303 e. The molecule has 0 heterocycles.